The van der Waals surface area contributed by atoms with Crippen molar-refractivity contribution in [3.8, 4) is 0 Å². The normalized spacial score (nSPS) is 11.4. The molecule has 0 spiro atoms. The van der Waals surface area contributed by atoms with Gasteiger partial charge in [0.2, 0.25) is 5.91 Å². The SMILES string of the molecule is NC(=O)C[C@H](NC(=S)NCc1ccccc1)C(=O)O. The van der Waals surface area contributed by atoms with Gasteiger partial charge in [-0.2, -0.15) is 0 Å². The number of hydrogen-bond donors (Lipinski definition) is 4. The molecule has 1 aromatic rings. The molecule has 102 valence electrons. The number of aliphatic carboxylic acids is 1. The Hall–Kier alpha value is -2.15. The highest BCUT2D eigenvalue weighted by atomic mass is 32.1. The van der Waals surface area contributed by atoms with Crippen LogP contribution in [-0.2, 0) is 16.1 Å². The third-order valence-electron chi connectivity index (χ3n) is 2.30. The molecule has 1 rings (SSSR count). The molecule has 1 amide bonds. The number of primary amides is 1. The summed E-state index contributed by atoms with van der Waals surface area (Å²) in [6.07, 6.45) is -0.317. The minimum atomic E-state index is -1.18. The van der Waals surface area contributed by atoms with Crippen molar-refractivity contribution < 1.29 is 14.7 Å². The summed E-state index contributed by atoms with van der Waals surface area (Å²) in [6.45, 7) is 0.468. The van der Waals surface area contributed by atoms with Crippen molar-refractivity contribution in [1.29, 1.82) is 0 Å². The summed E-state index contributed by atoms with van der Waals surface area (Å²) >= 11 is 4.96. The zero-order valence-corrected chi connectivity index (χ0v) is 10.9. The Bertz CT molecular complexity index is 465. The molecule has 0 heterocycles. The van der Waals surface area contributed by atoms with Crippen LogP contribution < -0.4 is 16.4 Å². The van der Waals surface area contributed by atoms with Crippen molar-refractivity contribution in [2.45, 2.75) is 19.0 Å². The monoisotopic (exact) mass is 281 g/mol. The minimum absolute atomic E-state index is 0.164. The summed E-state index contributed by atoms with van der Waals surface area (Å²) < 4.78 is 0. The fourth-order valence-electron chi connectivity index (χ4n) is 1.39. The molecule has 0 bridgehead atoms. The number of carboxylic acids is 1. The van der Waals surface area contributed by atoms with E-state index in [9.17, 15) is 9.59 Å². The quantitative estimate of drug-likeness (QED) is 0.546. The fraction of sp³-hybridized carbons (Fsp3) is 0.250. The average Bonchev–Trinajstić information content (AvgIpc) is 2.36. The summed E-state index contributed by atoms with van der Waals surface area (Å²) in [5.41, 5.74) is 5.97. The first-order chi connectivity index (χ1) is 8.99. The van der Waals surface area contributed by atoms with Crippen molar-refractivity contribution in [3.05, 3.63) is 35.9 Å². The lowest BCUT2D eigenvalue weighted by Crippen LogP contribution is -2.47. The zero-order chi connectivity index (χ0) is 14.3. The number of carbonyl (C=O) groups excluding carboxylic acids is 1. The number of thiocarbonyl (C=S) groups is 1. The maximum absolute atomic E-state index is 10.9. The third kappa shape index (κ3) is 5.82. The molecule has 1 atom stereocenters. The molecule has 7 heteroatoms. The first kappa shape index (κ1) is 14.9. The summed E-state index contributed by atoms with van der Waals surface area (Å²) in [4.78, 5) is 21.6. The molecule has 0 aliphatic rings. The van der Waals surface area contributed by atoms with Gasteiger partial charge >= 0.3 is 5.97 Å². The zero-order valence-electron chi connectivity index (χ0n) is 10.1. The molecule has 19 heavy (non-hydrogen) atoms. The molecule has 0 saturated heterocycles. The first-order valence-corrected chi connectivity index (χ1v) is 5.99. The van der Waals surface area contributed by atoms with E-state index in [1.165, 1.54) is 0 Å². The Balaban J connectivity index is 2.45. The molecule has 1 aromatic carbocycles. The Morgan fingerprint density at radius 3 is 2.47 bits per heavy atom. The van der Waals surface area contributed by atoms with Crippen LogP contribution in [0.1, 0.15) is 12.0 Å². The van der Waals surface area contributed by atoms with Crippen LogP contribution in [0.4, 0.5) is 0 Å². The maximum Gasteiger partial charge on any atom is 0.326 e. The Morgan fingerprint density at radius 2 is 1.95 bits per heavy atom. The summed E-state index contributed by atoms with van der Waals surface area (Å²) in [5.74, 6) is -1.88. The van der Waals surface area contributed by atoms with Gasteiger partial charge in [0, 0.05) is 6.54 Å². The van der Waals surface area contributed by atoms with Crippen LogP contribution in [0.5, 0.6) is 0 Å². The predicted molar refractivity (Wildman–Crippen MR) is 74.3 cm³/mol. The number of carboxylic acid groups (broad SMARTS) is 1. The molecule has 0 aliphatic carbocycles. The highest BCUT2D eigenvalue weighted by Crippen LogP contribution is 1.97. The summed E-state index contributed by atoms with van der Waals surface area (Å²) in [5, 5.41) is 14.5. The third-order valence-corrected chi connectivity index (χ3v) is 2.57. The molecular formula is C12H15N3O3S. The second kappa shape index (κ2) is 7.32. The lowest BCUT2D eigenvalue weighted by atomic mass is 10.2. The van der Waals surface area contributed by atoms with Crippen LogP contribution in [0.25, 0.3) is 0 Å². The molecule has 0 unspecified atom stereocenters. The van der Waals surface area contributed by atoms with Gasteiger partial charge in [-0.05, 0) is 17.8 Å². The minimum Gasteiger partial charge on any atom is -0.480 e. The van der Waals surface area contributed by atoms with Gasteiger partial charge in [0.05, 0.1) is 6.42 Å². The van der Waals surface area contributed by atoms with Crippen molar-refractivity contribution in [2.75, 3.05) is 0 Å². The molecule has 0 aromatic heterocycles. The van der Waals surface area contributed by atoms with Gasteiger partial charge in [0.1, 0.15) is 6.04 Å². The van der Waals surface area contributed by atoms with Crippen LogP contribution in [0.2, 0.25) is 0 Å². The smallest absolute Gasteiger partial charge is 0.326 e. The van der Waals surface area contributed by atoms with E-state index < -0.39 is 17.9 Å². The van der Waals surface area contributed by atoms with Gasteiger partial charge in [0.25, 0.3) is 0 Å². The van der Waals surface area contributed by atoms with Gasteiger partial charge in [-0.25, -0.2) is 4.79 Å². The summed E-state index contributed by atoms with van der Waals surface area (Å²) in [6, 6.07) is 8.38. The van der Waals surface area contributed by atoms with Gasteiger partial charge < -0.3 is 21.5 Å². The standard InChI is InChI=1S/C12H15N3O3S/c13-10(16)6-9(11(17)18)15-12(19)14-7-8-4-2-1-3-5-8/h1-5,9H,6-7H2,(H2,13,16)(H,17,18)(H2,14,15,19)/t9-/m0/s1. The molecular weight excluding hydrogens is 266 g/mol. The van der Waals surface area contributed by atoms with Crippen molar-refractivity contribution in [1.82, 2.24) is 10.6 Å². The molecule has 0 aliphatic heterocycles. The van der Waals surface area contributed by atoms with Gasteiger partial charge in [-0.3, -0.25) is 4.79 Å². The van der Waals surface area contributed by atoms with E-state index in [-0.39, 0.29) is 11.5 Å². The molecule has 6 nitrogen and oxygen atoms in total. The van der Waals surface area contributed by atoms with E-state index >= 15 is 0 Å². The average molecular weight is 281 g/mol. The van der Waals surface area contributed by atoms with Crippen molar-refractivity contribution in [3.63, 3.8) is 0 Å². The van der Waals surface area contributed by atoms with Crippen molar-refractivity contribution >= 4 is 29.2 Å². The number of carbonyl (C=O) groups is 2. The Labute approximate surface area is 116 Å². The van der Waals surface area contributed by atoms with Gasteiger partial charge in [-0.1, -0.05) is 30.3 Å². The Morgan fingerprint density at radius 1 is 1.32 bits per heavy atom. The number of nitrogens with two attached hydrogens (primary N) is 1. The van der Waals surface area contributed by atoms with Crippen LogP contribution in [0, 0.1) is 0 Å². The van der Waals surface area contributed by atoms with E-state index in [0.717, 1.165) is 5.56 Å². The van der Waals surface area contributed by atoms with E-state index in [0.29, 0.717) is 6.54 Å². The largest absolute Gasteiger partial charge is 0.480 e. The van der Waals surface area contributed by atoms with Crippen molar-refractivity contribution in [2.24, 2.45) is 5.73 Å². The number of hydrogen-bond acceptors (Lipinski definition) is 3. The van der Waals surface area contributed by atoms with E-state index in [1.807, 2.05) is 30.3 Å². The van der Waals surface area contributed by atoms with Gasteiger partial charge in [0.15, 0.2) is 5.11 Å². The highest BCUT2D eigenvalue weighted by molar-refractivity contribution is 7.80. The predicted octanol–water partition coefficient (Wildman–Crippen LogP) is -0.0207. The highest BCUT2D eigenvalue weighted by Gasteiger charge is 2.20. The molecule has 0 fully saturated rings. The first-order valence-electron chi connectivity index (χ1n) is 5.58. The molecule has 0 saturated carbocycles. The maximum atomic E-state index is 10.9. The van der Waals surface area contributed by atoms with Crippen LogP contribution in [0.3, 0.4) is 0 Å². The number of amides is 1. The number of rotatable bonds is 6. The second-order valence-electron chi connectivity index (χ2n) is 3.87. The number of nitrogens with one attached hydrogen (secondary N) is 2. The lowest BCUT2D eigenvalue weighted by molar-refractivity contribution is -0.140. The Kier molecular flexibility index (Phi) is 5.74. The lowest BCUT2D eigenvalue weighted by Gasteiger charge is -2.16. The van der Waals surface area contributed by atoms with E-state index in [4.69, 9.17) is 23.1 Å². The molecule has 0 radical (unpaired) electrons. The number of benzene rings is 1. The molecule has 5 N–H and O–H groups in total. The second-order valence-corrected chi connectivity index (χ2v) is 4.28. The topological polar surface area (TPSA) is 104 Å². The fourth-order valence-corrected chi connectivity index (χ4v) is 1.60. The van der Waals surface area contributed by atoms with E-state index in [1.54, 1.807) is 0 Å². The summed E-state index contributed by atoms with van der Waals surface area (Å²) in [7, 11) is 0. The van der Waals surface area contributed by atoms with Crippen LogP contribution in [0.15, 0.2) is 30.3 Å². The van der Waals surface area contributed by atoms with Crippen LogP contribution >= 0.6 is 12.2 Å². The van der Waals surface area contributed by atoms with Crippen LogP contribution in [-0.4, -0.2) is 28.1 Å². The van der Waals surface area contributed by atoms with Gasteiger partial charge in [-0.15, -0.1) is 0 Å². The van der Waals surface area contributed by atoms with E-state index in [2.05, 4.69) is 10.6 Å².